The SMILES string of the molecule is CCc1ccc(C(=O)N2CCN(C(=O)c3c(C)nn(Cc4ccccc4Cl)c3C)CC2)cc1. The number of carbonyl (C=O) groups is 2. The molecule has 6 nitrogen and oxygen atoms in total. The van der Waals surface area contributed by atoms with Gasteiger partial charge in [0, 0.05) is 42.5 Å². The first-order valence-corrected chi connectivity index (χ1v) is 11.7. The molecule has 2 amide bonds. The lowest BCUT2D eigenvalue weighted by Gasteiger charge is -2.35. The second-order valence-corrected chi connectivity index (χ2v) is 8.84. The number of halogens is 1. The number of benzene rings is 2. The Morgan fingerprint density at radius 3 is 2.12 bits per heavy atom. The van der Waals surface area contributed by atoms with Crippen molar-refractivity contribution in [3.05, 3.63) is 87.2 Å². The molecule has 4 rings (SSSR count). The summed E-state index contributed by atoms with van der Waals surface area (Å²) in [4.78, 5) is 29.8. The molecule has 0 spiro atoms. The maximum absolute atomic E-state index is 13.3. The van der Waals surface area contributed by atoms with E-state index in [2.05, 4.69) is 12.0 Å². The molecule has 0 radical (unpaired) electrons. The van der Waals surface area contributed by atoms with Crippen LogP contribution in [0.2, 0.25) is 5.02 Å². The molecule has 7 heteroatoms. The van der Waals surface area contributed by atoms with E-state index in [0.717, 1.165) is 17.7 Å². The number of piperazine rings is 1. The van der Waals surface area contributed by atoms with Crippen molar-refractivity contribution >= 4 is 23.4 Å². The molecule has 33 heavy (non-hydrogen) atoms. The van der Waals surface area contributed by atoms with Gasteiger partial charge in [-0.05, 0) is 49.6 Å². The Kier molecular flexibility index (Phi) is 6.84. The number of aryl methyl sites for hydroxylation is 2. The maximum Gasteiger partial charge on any atom is 0.257 e. The second-order valence-electron chi connectivity index (χ2n) is 8.43. The van der Waals surface area contributed by atoms with Crippen molar-refractivity contribution in [3.8, 4) is 0 Å². The number of hydrogen-bond acceptors (Lipinski definition) is 3. The van der Waals surface area contributed by atoms with Gasteiger partial charge in [0.15, 0.2) is 0 Å². The average molecular weight is 465 g/mol. The zero-order chi connectivity index (χ0) is 23.5. The molecule has 0 atom stereocenters. The number of carbonyl (C=O) groups excluding carboxylic acids is 2. The van der Waals surface area contributed by atoms with Crippen LogP contribution in [-0.2, 0) is 13.0 Å². The Labute approximate surface area is 199 Å². The lowest BCUT2D eigenvalue weighted by Crippen LogP contribution is -2.50. The van der Waals surface area contributed by atoms with Crippen LogP contribution in [0.15, 0.2) is 48.5 Å². The summed E-state index contributed by atoms with van der Waals surface area (Å²) >= 11 is 6.31. The highest BCUT2D eigenvalue weighted by atomic mass is 35.5. The molecule has 0 N–H and O–H groups in total. The van der Waals surface area contributed by atoms with E-state index in [-0.39, 0.29) is 11.8 Å². The van der Waals surface area contributed by atoms with Crippen LogP contribution in [0.3, 0.4) is 0 Å². The Hall–Kier alpha value is -3.12. The first-order chi connectivity index (χ1) is 15.9. The van der Waals surface area contributed by atoms with Crippen molar-refractivity contribution in [3.63, 3.8) is 0 Å². The Balaban J connectivity index is 1.43. The fourth-order valence-corrected chi connectivity index (χ4v) is 4.48. The molecule has 2 aromatic carbocycles. The average Bonchev–Trinajstić information content (AvgIpc) is 3.12. The van der Waals surface area contributed by atoms with E-state index in [9.17, 15) is 9.59 Å². The number of nitrogens with zero attached hydrogens (tertiary/aromatic N) is 4. The van der Waals surface area contributed by atoms with E-state index >= 15 is 0 Å². The predicted octanol–water partition coefficient (Wildman–Crippen LogP) is 4.36. The van der Waals surface area contributed by atoms with Crippen LogP contribution in [0, 0.1) is 13.8 Å². The molecule has 1 aromatic heterocycles. The molecule has 0 unspecified atom stereocenters. The summed E-state index contributed by atoms with van der Waals surface area (Å²) in [5, 5.41) is 5.29. The summed E-state index contributed by atoms with van der Waals surface area (Å²) < 4.78 is 1.84. The molecule has 1 fully saturated rings. The zero-order valence-electron chi connectivity index (χ0n) is 19.3. The van der Waals surface area contributed by atoms with Gasteiger partial charge in [-0.1, -0.05) is 48.9 Å². The van der Waals surface area contributed by atoms with Crippen LogP contribution in [0.5, 0.6) is 0 Å². The van der Waals surface area contributed by atoms with Crippen LogP contribution in [0.25, 0.3) is 0 Å². The third-order valence-electron chi connectivity index (χ3n) is 6.34. The van der Waals surface area contributed by atoms with E-state index in [1.807, 2.05) is 76.9 Å². The highest BCUT2D eigenvalue weighted by Crippen LogP contribution is 2.21. The van der Waals surface area contributed by atoms with Crippen LogP contribution in [-0.4, -0.2) is 57.6 Å². The molecule has 0 aliphatic carbocycles. The smallest absolute Gasteiger partial charge is 0.257 e. The molecule has 172 valence electrons. The summed E-state index contributed by atoms with van der Waals surface area (Å²) in [5.41, 5.74) is 5.04. The van der Waals surface area contributed by atoms with Gasteiger partial charge in [0.05, 0.1) is 17.8 Å². The zero-order valence-corrected chi connectivity index (χ0v) is 20.1. The fourth-order valence-electron chi connectivity index (χ4n) is 4.28. The van der Waals surface area contributed by atoms with Crippen LogP contribution < -0.4 is 0 Å². The van der Waals surface area contributed by atoms with Crippen molar-refractivity contribution in [1.29, 1.82) is 0 Å². The molecule has 3 aromatic rings. The van der Waals surface area contributed by atoms with E-state index in [0.29, 0.717) is 54.6 Å². The van der Waals surface area contributed by atoms with Crippen LogP contribution >= 0.6 is 11.6 Å². The number of rotatable bonds is 5. The highest BCUT2D eigenvalue weighted by molar-refractivity contribution is 6.31. The molecule has 0 saturated carbocycles. The van der Waals surface area contributed by atoms with Crippen molar-refractivity contribution < 1.29 is 9.59 Å². The summed E-state index contributed by atoms with van der Waals surface area (Å²) in [5.74, 6) is -0.0144. The summed E-state index contributed by atoms with van der Waals surface area (Å²) in [7, 11) is 0. The van der Waals surface area contributed by atoms with Gasteiger partial charge in [0.25, 0.3) is 11.8 Å². The Morgan fingerprint density at radius 1 is 0.909 bits per heavy atom. The number of hydrogen-bond donors (Lipinski definition) is 0. The number of amides is 2. The van der Waals surface area contributed by atoms with Gasteiger partial charge < -0.3 is 9.80 Å². The van der Waals surface area contributed by atoms with Gasteiger partial charge in [-0.15, -0.1) is 0 Å². The van der Waals surface area contributed by atoms with Crippen molar-refractivity contribution in [2.24, 2.45) is 0 Å². The maximum atomic E-state index is 13.3. The highest BCUT2D eigenvalue weighted by Gasteiger charge is 2.29. The third-order valence-corrected chi connectivity index (χ3v) is 6.71. The van der Waals surface area contributed by atoms with Crippen molar-refractivity contribution in [1.82, 2.24) is 19.6 Å². The summed E-state index contributed by atoms with van der Waals surface area (Å²) in [6, 6.07) is 15.4. The second kappa shape index (κ2) is 9.79. The molecule has 1 aliphatic heterocycles. The minimum atomic E-state index is -0.0326. The molecule has 1 aliphatic rings. The largest absolute Gasteiger partial charge is 0.335 e. The third kappa shape index (κ3) is 4.81. The Bertz CT molecular complexity index is 1160. The van der Waals surface area contributed by atoms with E-state index < -0.39 is 0 Å². The van der Waals surface area contributed by atoms with Crippen molar-refractivity contribution in [2.75, 3.05) is 26.2 Å². The monoisotopic (exact) mass is 464 g/mol. The predicted molar refractivity (Wildman–Crippen MR) is 130 cm³/mol. The molecule has 2 heterocycles. The first-order valence-electron chi connectivity index (χ1n) is 11.3. The summed E-state index contributed by atoms with van der Waals surface area (Å²) in [6.45, 7) is 8.44. The molecular weight excluding hydrogens is 436 g/mol. The number of aromatic nitrogens is 2. The van der Waals surface area contributed by atoms with Gasteiger partial charge in [-0.25, -0.2) is 0 Å². The molecular formula is C26H29ClN4O2. The van der Waals surface area contributed by atoms with Gasteiger partial charge in [-0.2, -0.15) is 5.10 Å². The minimum Gasteiger partial charge on any atom is -0.335 e. The van der Waals surface area contributed by atoms with E-state index in [1.165, 1.54) is 5.56 Å². The summed E-state index contributed by atoms with van der Waals surface area (Å²) in [6.07, 6.45) is 0.947. The fraction of sp³-hybridized carbons (Fsp3) is 0.346. The normalized spacial score (nSPS) is 13.9. The molecule has 0 bridgehead atoms. The van der Waals surface area contributed by atoms with Gasteiger partial charge in [-0.3, -0.25) is 14.3 Å². The standard InChI is InChI=1S/C26H29ClN4O2/c1-4-20-9-11-21(12-10-20)25(32)29-13-15-30(16-14-29)26(33)24-18(2)28-31(19(24)3)17-22-7-5-6-8-23(22)27/h5-12H,4,13-17H2,1-3H3. The topological polar surface area (TPSA) is 58.4 Å². The molecule has 1 saturated heterocycles. The van der Waals surface area contributed by atoms with Gasteiger partial charge in [0.1, 0.15) is 0 Å². The van der Waals surface area contributed by atoms with E-state index in [1.54, 1.807) is 0 Å². The lowest BCUT2D eigenvalue weighted by atomic mass is 10.1. The lowest BCUT2D eigenvalue weighted by molar-refractivity contribution is 0.0534. The minimum absolute atomic E-state index is 0.0182. The van der Waals surface area contributed by atoms with Crippen molar-refractivity contribution in [2.45, 2.75) is 33.7 Å². The first kappa shape index (κ1) is 23.1. The van der Waals surface area contributed by atoms with Gasteiger partial charge in [0.2, 0.25) is 0 Å². The van der Waals surface area contributed by atoms with Crippen LogP contribution in [0.4, 0.5) is 0 Å². The van der Waals surface area contributed by atoms with E-state index in [4.69, 9.17) is 11.6 Å². The van der Waals surface area contributed by atoms with Gasteiger partial charge >= 0.3 is 0 Å². The Morgan fingerprint density at radius 2 is 1.52 bits per heavy atom. The quantitative estimate of drug-likeness (QED) is 0.563. The van der Waals surface area contributed by atoms with Crippen LogP contribution in [0.1, 0.15) is 50.2 Å².